The average Bonchev–Trinajstić information content (AvgIpc) is 3.29. The zero-order chi connectivity index (χ0) is 17.5. The van der Waals surface area contributed by atoms with Crippen LogP contribution in [0.5, 0.6) is 0 Å². The molecule has 0 spiro atoms. The second-order valence-electron chi connectivity index (χ2n) is 6.29. The van der Waals surface area contributed by atoms with Gasteiger partial charge in [-0.1, -0.05) is 37.3 Å². The Bertz CT molecular complexity index is 726. The van der Waals surface area contributed by atoms with Crippen molar-refractivity contribution in [1.29, 1.82) is 0 Å². The molecule has 0 amide bonds. The third-order valence-corrected chi connectivity index (χ3v) is 4.12. The molecule has 0 aromatic heterocycles. The summed E-state index contributed by atoms with van der Waals surface area (Å²) in [5.74, 6) is 6.45. The van der Waals surface area contributed by atoms with Crippen LogP contribution >= 0.6 is 11.6 Å². The van der Waals surface area contributed by atoms with E-state index in [4.69, 9.17) is 16.3 Å². The minimum Gasteiger partial charge on any atom is -0.475 e. The summed E-state index contributed by atoms with van der Waals surface area (Å²) in [6.07, 6.45) is -2.26. The Morgan fingerprint density at radius 1 is 1.25 bits per heavy atom. The Balaban J connectivity index is 2.13. The van der Waals surface area contributed by atoms with Gasteiger partial charge < -0.3 is 4.74 Å². The zero-order valence-corrected chi connectivity index (χ0v) is 14.1. The van der Waals surface area contributed by atoms with Crippen molar-refractivity contribution in [3.63, 3.8) is 0 Å². The number of anilines is 1. The molecule has 6 heteroatoms. The molecular weight excluding hydrogens is 339 g/mol. The normalized spacial score (nSPS) is 20.5. The van der Waals surface area contributed by atoms with Gasteiger partial charge in [-0.25, -0.2) is 0 Å². The Kier molecular flexibility index (Phi) is 4.44. The van der Waals surface area contributed by atoms with Crippen LogP contribution in [0.3, 0.4) is 0 Å². The summed E-state index contributed by atoms with van der Waals surface area (Å²) in [6.45, 7) is 3.57. The van der Waals surface area contributed by atoms with E-state index in [1.165, 1.54) is 18.2 Å². The second-order valence-corrected chi connectivity index (χ2v) is 6.72. The predicted molar refractivity (Wildman–Crippen MR) is 87.2 cm³/mol. The van der Waals surface area contributed by atoms with Crippen molar-refractivity contribution in [2.45, 2.75) is 39.1 Å². The van der Waals surface area contributed by atoms with Crippen LogP contribution in [-0.4, -0.2) is 6.30 Å². The Morgan fingerprint density at radius 3 is 2.54 bits per heavy atom. The van der Waals surface area contributed by atoms with Gasteiger partial charge in [0, 0.05) is 22.4 Å². The van der Waals surface area contributed by atoms with Crippen LogP contribution in [-0.2, 0) is 4.74 Å². The molecule has 128 valence electrons. The molecule has 0 radical (unpaired) electrons. The topological polar surface area (TPSA) is 12.5 Å². The van der Waals surface area contributed by atoms with E-state index in [9.17, 15) is 13.2 Å². The van der Waals surface area contributed by atoms with Crippen molar-refractivity contribution in [2.24, 2.45) is 11.8 Å². The lowest BCUT2D eigenvalue weighted by atomic mass is 10.1. The zero-order valence-electron chi connectivity index (χ0n) is 13.3. The van der Waals surface area contributed by atoms with Gasteiger partial charge in [0.05, 0.1) is 11.9 Å². The fraction of sp³-hybridized carbons (Fsp3) is 0.444. The van der Waals surface area contributed by atoms with Gasteiger partial charge >= 0.3 is 6.30 Å². The summed E-state index contributed by atoms with van der Waals surface area (Å²) in [5.41, 5.74) is 0.331. The van der Waals surface area contributed by atoms with E-state index in [1.54, 1.807) is 13.8 Å². The van der Waals surface area contributed by atoms with E-state index in [0.29, 0.717) is 16.5 Å². The molecule has 24 heavy (non-hydrogen) atoms. The van der Waals surface area contributed by atoms with Crippen LogP contribution in [0.4, 0.5) is 18.9 Å². The molecule has 1 saturated carbocycles. The Morgan fingerprint density at radius 2 is 1.96 bits per heavy atom. The number of nitrogens with zero attached hydrogens (tertiary/aromatic N) is 1. The van der Waals surface area contributed by atoms with Gasteiger partial charge in [0.25, 0.3) is 0 Å². The van der Waals surface area contributed by atoms with Gasteiger partial charge in [0.2, 0.25) is 0 Å². The molecule has 0 saturated heterocycles. The van der Waals surface area contributed by atoms with E-state index >= 15 is 0 Å². The van der Waals surface area contributed by atoms with Crippen LogP contribution in [0.1, 0.15) is 38.4 Å². The number of halogens is 4. The van der Waals surface area contributed by atoms with Crippen LogP contribution in [0.15, 0.2) is 30.2 Å². The van der Waals surface area contributed by atoms with Crippen molar-refractivity contribution >= 4 is 17.3 Å². The summed E-state index contributed by atoms with van der Waals surface area (Å²) in [6, 6.07) is 4.30. The molecular formula is C18H17ClF3NO. The largest absolute Gasteiger partial charge is 0.489 e. The molecule has 1 fully saturated rings. The number of ether oxygens (including phenoxy) is 1. The van der Waals surface area contributed by atoms with Crippen LogP contribution < -0.4 is 4.90 Å². The fourth-order valence-corrected chi connectivity index (χ4v) is 2.59. The average molecular weight is 356 g/mol. The van der Waals surface area contributed by atoms with E-state index in [0.717, 1.165) is 19.0 Å². The number of hydrogen-bond acceptors (Lipinski definition) is 2. The number of hydrogen-bond donors (Lipinski definition) is 0. The van der Waals surface area contributed by atoms with Gasteiger partial charge in [0.1, 0.15) is 5.76 Å². The summed E-state index contributed by atoms with van der Waals surface area (Å²) < 4.78 is 46.5. The highest BCUT2D eigenvalue weighted by Gasteiger charge is 2.41. The van der Waals surface area contributed by atoms with E-state index in [2.05, 4.69) is 11.8 Å². The maximum atomic E-state index is 13.5. The van der Waals surface area contributed by atoms with Crippen molar-refractivity contribution in [3.8, 4) is 11.8 Å². The third-order valence-electron chi connectivity index (χ3n) is 3.88. The molecule has 0 bridgehead atoms. The van der Waals surface area contributed by atoms with Crippen LogP contribution in [0.2, 0.25) is 5.02 Å². The highest BCUT2D eigenvalue weighted by molar-refractivity contribution is 6.30. The van der Waals surface area contributed by atoms with Gasteiger partial charge in [-0.3, -0.25) is 4.90 Å². The predicted octanol–water partition coefficient (Wildman–Crippen LogP) is 5.65. The minimum atomic E-state index is -4.56. The standard InChI is InChI=1S/C18H17ClF3NO/c1-11(2)17-10-23(18(20,21)22)15-7-6-13(19)9-14(15)16(24-17)8-5-12-3-4-12/h6-7,9-12,16H,3-4H2,1-2H3/t16-/m0/s1. The fourth-order valence-electron chi connectivity index (χ4n) is 2.40. The highest BCUT2D eigenvalue weighted by atomic mass is 35.5. The van der Waals surface area contributed by atoms with E-state index < -0.39 is 12.4 Å². The molecule has 1 aromatic rings. The minimum absolute atomic E-state index is 0.00218. The molecule has 0 unspecified atom stereocenters. The second kappa shape index (κ2) is 6.25. The molecule has 1 aliphatic carbocycles. The number of rotatable bonds is 1. The first kappa shape index (κ1) is 17.0. The Hall–Kier alpha value is -1.80. The molecule has 1 heterocycles. The molecule has 3 rings (SSSR count). The van der Waals surface area contributed by atoms with Gasteiger partial charge in [-0.2, -0.15) is 0 Å². The lowest BCUT2D eigenvalue weighted by Crippen LogP contribution is -2.34. The third kappa shape index (κ3) is 3.64. The maximum Gasteiger partial charge on any atom is 0.489 e. The molecule has 1 aliphatic heterocycles. The van der Waals surface area contributed by atoms with Crippen LogP contribution in [0, 0.1) is 23.7 Å². The lowest BCUT2D eigenvalue weighted by molar-refractivity contribution is -0.122. The summed E-state index contributed by atoms with van der Waals surface area (Å²) in [4.78, 5) is 0.285. The van der Waals surface area contributed by atoms with Gasteiger partial charge in [0.15, 0.2) is 6.10 Å². The quantitative estimate of drug-likeness (QED) is 0.477. The number of alkyl halides is 3. The monoisotopic (exact) mass is 355 g/mol. The van der Waals surface area contributed by atoms with Crippen molar-refractivity contribution in [3.05, 3.63) is 40.7 Å². The van der Waals surface area contributed by atoms with Gasteiger partial charge in [-0.15, -0.1) is 13.2 Å². The highest BCUT2D eigenvalue weighted by Crippen LogP contribution is 2.41. The van der Waals surface area contributed by atoms with E-state index in [-0.39, 0.29) is 22.3 Å². The number of fused-ring (bicyclic) bond motifs is 1. The number of allylic oxidation sites excluding steroid dienone is 1. The van der Waals surface area contributed by atoms with Crippen molar-refractivity contribution in [2.75, 3.05) is 4.90 Å². The lowest BCUT2D eigenvalue weighted by Gasteiger charge is -2.24. The smallest absolute Gasteiger partial charge is 0.475 e. The first-order chi connectivity index (χ1) is 11.3. The number of benzene rings is 1. The summed E-state index contributed by atoms with van der Waals surface area (Å²) in [5, 5.41) is 0.352. The molecule has 1 atom stereocenters. The summed E-state index contributed by atoms with van der Waals surface area (Å²) >= 11 is 6.01. The molecule has 1 aromatic carbocycles. The molecule has 0 N–H and O–H groups in total. The Labute approximate surface area is 144 Å². The maximum absolute atomic E-state index is 13.5. The first-order valence-electron chi connectivity index (χ1n) is 7.80. The molecule has 2 nitrogen and oxygen atoms in total. The summed E-state index contributed by atoms with van der Waals surface area (Å²) in [7, 11) is 0. The van der Waals surface area contributed by atoms with Gasteiger partial charge in [-0.05, 0) is 31.0 Å². The van der Waals surface area contributed by atoms with Crippen LogP contribution in [0.25, 0.3) is 0 Å². The molecule has 2 aliphatic rings. The van der Waals surface area contributed by atoms with Crippen molar-refractivity contribution in [1.82, 2.24) is 0 Å². The first-order valence-corrected chi connectivity index (χ1v) is 8.18. The SMILES string of the molecule is CC(C)C1=CN(C(F)(F)F)c2ccc(Cl)cc2[C@H](C#CC2CC2)O1. The van der Waals surface area contributed by atoms with Crippen molar-refractivity contribution < 1.29 is 17.9 Å². The van der Waals surface area contributed by atoms with E-state index in [1.807, 2.05) is 0 Å².